The summed E-state index contributed by atoms with van der Waals surface area (Å²) in [4.78, 5) is 26.4. The predicted molar refractivity (Wildman–Crippen MR) is 75.3 cm³/mol. The van der Waals surface area contributed by atoms with E-state index in [1.807, 2.05) is 18.4 Å². The van der Waals surface area contributed by atoms with Crippen LogP contribution < -0.4 is 0 Å². The van der Waals surface area contributed by atoms with Crippen LogP contribution in [0.25, 0.3) is 0 Å². The van der Waals surface area contributed by atoms with E-state index in [1.165, 1.54) is 30.3 Å². The number of rotatable bonds is 2. The topological polar surface area (TPSA) is 55.8 Å². The molecule has 20 heavy (non-hydrogen) atoms. The first-order chi connectivity index (χ1) is 9.27. The smallest absolute Gasteiger partial charge is 0.331 e. The van der Waals surface area contributed by atoms with Crippen molar-refractivity contribution in [1.82, 2.24) is 4.90 Å². The average Bonchev–Trinajstić information content (AvgIpc) is 2.88. The third kappa shape index (κ3) is 2.45. The van der Waals surface area contributed by atoms with Crippen molar-refractivity contribution in [3.05, 3.63) is 21.9 Å². The summed E-state index contributed by atoms with van der Waals surface area (Å²) in [7, 11) is 1.32. The van der Waals surface area contributed by atoms with Gasteiger partial charge >= 0.3 is 5.97 Å². The summed E-state index contributed by atoms with van der Waals surface area (Å²) in [5, 5.41) is 2.00. The Morgan fingerprint density at radius 3 is 2.55 bits per heavy atom. The summed E-state index contributed by atoms with van der Waals surface area (Å²) in [5.41, 5.74) is 0.268. The van der Waals surface area contributed by atoms with Gasteiger partial charge in [-0.3, -0.25) is 9.69 Å². The molecule has 0 aliphatic carbocycles. The van der Waals surface area contributed by atoms with E-state index < -0.39 is 23.8 Å². The third-order valence-electron chi connectivity index (χ3n) is 3.37. The number of ether oxygens (including phenoxy) is 2. The van der Waals surface area contributed by atoms with Gasteiger partial charge in [-0.1, -0.05) is 0 Å². The van der Waals surface area contributed by atoms with Crippen molar-refractivity contribution in [2.75, 3.05) is 7.11 Å². The number of carbonyl (C=O) groups is 2. The monoisotopic (exact) mass is 297 g/mol. The van der Waals surface area contributed by atoms with Crippen molar-refractivity contribution in [3.63, 3.8) is 0 Å². The fourth-order valence-corrected chi connectivity index (χ4v) is 3.60. The number of aryl methyl sites for hydroxylation is 1. The van der Waals surface area contributed by atoms with E-state index >= 15 is 0 Å². The molecule has 6 heteroatoms. The van der Waals surface area contributed by atoms with E-state index in [0.29, 0.717) is 0 Å². The Kier molecular flexibility index (Phi) is 3.88. The van der Waals surface area contributed by atoms with E-state index in [2.05, 4.69) is 0 Å². The number of amides is 1. The molecule has 0 aromatic carbocycles. The quantitative estimate of drug-likeness (QED) is 0.786. The minimum Gasteiger partial charge on any atom is -0.467 e. The molecule has 1 aliphatic heterocycles. The van der Waals surface area contributed by atoms with E-state index in [-0.39, 0.29) is 5.91 Å². The van der Waals surface area contributed by atoms with Gasteiger partial charge < -0.3 is 9.47 Å². The predicted octanol–water partition coefficient (Wildman–Crippen LogP) is 2.25. The highest BCUT2D eigenvalue weighted by molar-refractivity contribution is 7.10. The first kappa shape index (κ1) is 15.0. The van der Waals surface area contributed by atoms with E-state index in [0.717, 1.165) is 10.4 Å². The van der Waals surface area contributed by atoms with Gasteiger partial charge in [0.1, 0.15) is 11.8 Å². The average molecular weight is 297 g/mol. The molecule has 1 aromatic heterocycles. The molecule has 0 saturated carbocycles. The molecule has 0 unspecified atom stereocenters. The maximum atomic E-state index is 12.1. The highest BCUT2D eigenvalue weighted by atomic mass is 32.1. The highest BCUT2D eigenvalue weighted by Gasteiger charge is 2.53. The van der Waals surface area contributed by atoms with Gasteiger partial charge in [-0.05, 0) is 37.8 Å². The van der Waals surface area contributed by atoms with Crippen LogP contribution in [-0.4, -0.2) is 35.7 Å². The van der Waals surface area contributed by atoms with Gasteiger partial charge in [0.15, 0.2) is 6.04 Å². The molecule has 1 aromatic rings. The molecule has 1 fully saturated rings. The Hall–Kier alpha value is -1.40. The minimum absolute atomic E-state index is 0.207. The second kappa shape index (κ2) is 5.18. The van der Waals surface area contributed by atoms with Crippen LogP contribution in [0.15, 0.2) is 11.4 Å². The number of nitrogens with zero attached hydrogens (tertiary/aromatic N) is 1. The van der Waals surface area contributed by atoms with Crippen molar-refractivity contribution >= 4 is 23.2 Å². The molecule has 0 spiro atoms. The second-order valence-electron chi connectivity index (χ2n) is 5.37. The van der Waals surface area contributed by atoms with Crippen LogP contribution in [0.4, 0.5) is 0 Å². The van der Waals surface area contributed by atoms with Gasteiger partial charge in [-0.15, -0.1) is 11.3 Å². The third-order valence-corrected chi connectivity index (χ3v) is 4.49. The summed E-state index contributed by atoms with van der Waals surface area (Å²) in [6.45, 7) is 6.98. The lowest BCUT2D eigenvalue weighted by atomic mass is 10.1. The van der Waals surface area contributed by atoms with E-state index in [4.69, 9.17) is 9.47 Å². The first-order valence-corrected chi connectivity index (χ1v) is 7.26. The second-order valence-corrected chi connectivity index (χ2v) is 6.31. The Balaban J connectivity index is 2.45. The van der Waals surface area contributed by atoms with Gasteiger partial charge in [0.05, 0.1) is 7.11 Å². The van der Waals surface area contributed by atoms with Crippen LogP contribution in [0.5, 0.6) is 0 Å². The normalized spacial score (nSPS) is 24.8. The number of carbonyl (C=O) groups excluding carboxylic acids is 2. The van der Waals surface area contributed by atoms with Crippen molar-refractivity contribution in [1.29, 1.82) is 0 Å². The molecule has 1 amide bonds. The van der Waals surface area contributed by atoms with E-state index in [9.17, 15) is 9.59 Å². The number of esters is 1. The van der Waals surface area contributed by atoms with Crippen LogP contribution in [0, 0.1) is 6.92 Å². The SMILES string of the molecule is COC(=O)[C@H]1[C@@H](c2cc(C)cs2)OC(C)(C)N1C(C)=O. The molecule has 1 aliphatic rings. The van der Waals surface area contributed by atoms with Crippen LogP contribution in [0.1, 0.15) is 37.3 Å². The van der Waals surface area contributed by atoms with Crippen molar-refractivity contribution in [2.45, 2.75) is 45.6 Å². The molecule has 1 saturated heterocycles. The van der Waals surface area contributed by atoms with Gasteiger partial charge in [0, 0.05) is 11.8 Å². The number of hydrogen-bond acceptors (Lipinski definition) is 5. The first-order valence-electron chi connectivity index (χ1n) is 6.38. The van der Waals surface area contributed by atoms with Gasteiger partial charge in [0.2, 0.25) is 5.91 Å². The van der Waals surface area contributed by atoms with Gasteiger partial charge in [-0.2, -0.15) is 0 Å². The molecule has 5 nitrogen and oxygen atoms in total. The molecule has 0 radical (unpaired) electrons. The molecular formula is C14H19NO4S. The molecular weight excluding hydrogens is 278 g/mol. The Morgan fingerprint density at radius 1 is 1.45 bits per heavy atom. The van der Waals surface area contributed by atoms with Crippen molar-refractivity contribution in [3.8, 4) is 0 Å². The lowest BCUT2D eigenvalue weighted by Crippen LogP contribution is -2.50. The van der Waals surface area contributed by atoms with Crippen LogP contribution >= 0.6 is 11.3 Å². The molecule has 110 valence electrons. The van der Waals surface area contributed by atoms with Gasteiger partial charge in [0.25, 0.3) is 0 Å². The fraction of sp³-hybridized carbons (Fsp3) is 0.571. The Bertz CT molecular complexity index is 537. The zero-order chi connectivity index (χ0) is 15.1. The van der Waals surface area contributed by atoms with E-state index in [1.54, 1.807) is 13.8 Å². The number of methoxy groups -OCH3 is 1. The largest absolute Gasteiger partial charge is 0.467 e. The summed E-state index contributed by atoms with van der Waals surface area (Å²) in [6, 6.07) is 1.23. The van der Waals surface area contributed by atoms with Gasteiger partial charge in [-0.25, -0.2) is 4.79 Å². The lowest BCUT2D eigenvalue weighted by Gasteiger charge is -2.31. The van der Waals surface area contributed by atoms with Crippen molar-refractivity contribution < 1.29 is 19.1 Å². The van der Waals surface area contributed by atoms with Crippen LogP contribution in [-0.2, 0) is 19.1 Å². The zero-order valence-corrected chi connectivity index (χ0v) is 13.1. The lowest BCUT2D eigenvalue weighted by molar-refractivity contribution is -0.155. The molecule has 0 bridgehead atoms. The zero-order valence-electron chi connectivity index (χ0n) is 12.3. The number of thiophene rings is 1. The standard InChI is InChI=1S/C14H19NO4S/c1-8-6-10(20-7-8)12-11(13(17)18-5)15(9(2)16)14(3,4)19-12/h6-7,11-12H,1-5H3/t11-,12-/m1/s1. The highest BCUT2D eigenvalue weighted by Crippen LogP contribution is 2.43. The maximum absolute atomic E-state index is 12.1. The Morgan fingerprint density at radius 2 is 2.10 bits per heavy atom. The maximum Gasteiger partial charge on any atom is 0.331 e. The van der Waals surface area contributed by atoms with Crippen LogP contribution in [0.2, 0.25) is 0 Å². The number of hydrogen-bond donors (Lipinski definition) is 0. The Labute approximate surface area is 122 Å². The fourth-order valence-electron chi connectivity index (χ4n) is 2.64. The molecule has 2 rings (SSSR count). The molecule has 2 heterocycles. The molecule has 0 N–H and O–H groups in total. The van der Waals surface area contributed by atoms with Crippen molar-refractivity contribution in [2.24, 2.45) is 0 Å². The summed E-state index contributed by atoms with van der Waals surface area (Å²) in [6.07, 6.45) is -0.486. The summed E-state index contributed by atoms with van der Waals surface area (Å²) in [5.74, 6) is -0.664. The van der Waals surface area contributed by atoms with Crippen LogP contribution in [0.3, 0.4) is 0 Å². The summed E-state index contributed by atoms with van der Waals surface area (Å²) >= 11 is 1.52. The molecule has 2 atom stereocenters. The summed E-state index contributed by atoms with van der Waals surface area (Å²) < 4.78 is 10.8. The minimum atomic E-state index is -0.840.